The van der Waals surface area contributed by atoms with Crippen molar-refractivity contribution in [2.24, 2.45) is 5.92 Å². The molecule has 0 aromatic carbocycles. The summed E-state index contributed by atoms with van der Waals surface area (Å²) in [5.41, 5.74) is 0. The van der Waals surface area contributed by atoms with E-state index in [9.17, 15) is 0 Å². The molecule has 0 spiro atoms. The third-order valence-electron chi connectivity index (χ3n) is 3.37. The third kappa shape index (κ3) is 2.05. The fourth-order valence-corrected chi connectivity index (χ4v) is 2.68. The molecule has 3 unspecified atom stereocenters. The molecule has 76 valence electrons. The van der Waals surface area contributed by atoms with Crippen molar-refractivity contribution in [1.82, 2.24) is 0 Å². The van der Waals surface area contributed by atoms with Crippen LogP contribution in [0.5, 0.6) is 0 Å². The summed E-state index contributed by atoms with van der Waals surface area (Å²) in [5.74, 6) is 0.697. The van der Waals surface area contributed by atoms with Gasteiger partial charge in [0.2, 0.25) is 0 Å². The molecule has 2 nitrogen and oxygen atoms in total. The largest absolute Gasteiger partial charge is 0.352 e. The summed E-state index contributed by atoms with van der Waals surface area (Å²) in [6.07, 6.45) is 8.74. The van der Waals surface area contributed by atoms with E-state index in [-0.39, 0.29) is 0 Å². The SMILES string of the molecule is CCCC1OCOC2CCCCC12. The van der Waals surface area contributed by atoms with E-state index in [1.54, 1.807) is 0 Å². The van der Waals surface area contributed by atoms with Crippen molar-refractivity contribution >= 4 is 0 Å². The highest BCUT2D eigenvalue weighted by atomic mass is 16.7. The molecule has 1 saturated carbocycles. The van der Waals surface area contributed by atoms with E-state index >= 15 is 0 Å². The molecule has 2 aliphatic rings. The van der Waals surface area contributed by atoms with Crippen molar-refractivity contribution in [2.75, 3.05) is 6.79 Å². The van der Waals surface area contributed by atoms with Crippen molar-refractivity contribution in [2.45, 2.75) is 57.7 Å². The van der Waals surface area contributed by atoms with Gasteiger partial charge in [0, 0.05) is 5.92 Å². The van der Waals surface area contributed by atoms with E-state index in [0.29, 0.717) is 24.9 Å². The summed E-state index contributed by atoms with van der Waals surface area (Å²) >= 11 is 0. The standard InChI is InChI=1S/C11H20O2/c1-2-5-10-9-6-3-4-7-11(9)13-8-12-10/h9-11H,2-8H2,1H3. The Hall–Kier alpha value is -0.0800. The van der Waals surface area contributed by atoms with Gasteiger partial charge in [-0.05, 0) is 19.3 Å². The fraction of sp³-hybridized carbons (Fsp3) is 1.00. The Bertz CT molecular complexity index is 154. The Labute approximate surface area is 80.6 Å². The molecule has 13 heavy (non-hydrogen) atoms. The Balaban J connectivity index is 1.94. The first kappa shape index (κ1) is 9.47. The van der Waals surface area contributed by atoms with Gasteiger partial charge in [-0.1, -0.05) is 26.2 Å². The van der Waals surface area contributed by atoms with Gasteiger partial charge in [-0.3, -0.25) is 0 Å². The molecule has 1 aliphatic heterocycles. The second kappa shape index (κ2) is 4.43. The van der Waals surface area contributed by atoms with Gasteiger partial charge in [0.15, 0.2) is 0 Å². The summed E-state index contributed by atoms with van der Waals surface area (Å²) in [5, 5.41) is 0. The van der Waals surface area contributed by atoms with Gasteiger partial charge < -0.3 is 9.47 Å². The van der Waals surface area contributed by atoms with Crippen LogP contribution in [0.2, 0.25) is 0 Å². The van der Waals surface area contributed by atoms with Gasteiger partial charge in [0.1, 0.15) is 6.79 Å². The Morgan fingerprint density at radius 3 is 2.85 bits per heavy atom. The summed E-state index contributed by atoms with van der Waals surface area (Å²) < 4.78 is 11.3. The highest BCUT2D eigenvalue weighted by Crippen LogP contribution is 2.35. The molecule has 0 aromatic heterocycles. The molecule has 0 radical (unpaired) electrons. The highest BCUT2D eigenvalue weighted by Gasteiger charge is 2.35. The zero-order valence-corrected chi connectivity index (χ0v) is 8.50. The van der Waals surface area contributed by atoms with Crippen LogP contribution >= 0.6 is 0 Å². The average molecular weight is 184 g/mol. The molecule has 0 aromatic rings. The van der Waals surface area contributed by atoms with Crippen LogP contribution in [0.25, 0.3) is 0 Å². The maximum atomic E-state index is 5.67. The fourth-order valence-electron chi connectivity index (χ4n) is 2.68. The van der Waals surface area contributed by atoms with Crippen LogP contribution in [-0.2, 0) is 9.47 Å². The maximum Gasteiger partial charge on any atom is 0.147 e. The molecule has 2 rings (SSSR count). The van der Waals surface area contributed by atoms with Crippen LogP contribution in [0, 0.1) is 5.92 Å². The van der Waals surface area contributed by atoms with Gasteiger partial charge in [0.05, 0.1) is 12.2 Å². The van der Waals surface area contributed by atoms with Crippen molar-refractivity contribution in [3.63, 3.8) is 0 Å². The van der Waals surface area contributed by atoms with Crippen molar-refractivity contribution in [3.05, 3.63) is 0 Å². The summed E-state index contributed by atoms with van der Waals surface area (Å²) in [6, 6.07) is 0. The Morgan fingerprint density at radius 2 is 2.00 bits per heavy atom. The minimum atomic E-state index is 0.490. The molecular weight excluding hydrogens is 164 g/mol. The molecule has 1 saturated heterocycles. The molecular formula is C11H20O2. The molecule has 2 fully saturated rings. The lowest BCUT2D eigenvalue weighted by atomic mass is 9.81. The smallest absolute Gasteiger partial charge is 0.147 e. The lowest BCUT2D eigenvalue weighted by Crippen LogP contribution is -2.43. The van der Waals surface area contributed by atoms with Gasteiger partial charge >= 0.3 is 0 Å². The quantitative estimate of drug-likeness (QED) is 0.657. The van der Waals surface area contributed by atoms with Gasteiger partial charge in [-0.15, -0.1) is 0 Å². The minimum Gasteiger partial charge on any atom is -0.352 e. The molecule has 3 atom stereocenters. The molecule has 0 N–H and O–H groups in total. The van der Waals surface area contributed by atoms with Crippen LogP contribution in [0.1, 0.15) is 45.4 Å². The van der Waals surface area contributed by atoms with Crippen LogP contribution < -0.4 is 0 Å². The Morgan fingerprint density at radius 1 is 1.15 bits per heavy atom. The van der Waals surface area contributed by atoms with Crippen LogP contribution in [-0.4, -0.2) is 19.0 Å². The van der Waals surface area contributed by atoms with Crippen LogP contribution in [0.3, 0.4) is 0 Å². The average Bonchev–Trinajstić information content (AvgIpc) is 2.19. The molecule has 1 heterocycles. The number of fused-ring (bicyclic) bond motifs is 1. The zero-order chi connectivity index (χ0) is 9.10. The minimum absolute atomic E-state index is 0.490. The second-order valence-electron chi connectivity index (χ2n) is 4.27. The lowest BCUT2D eigenvalue weighted by Gasteiger charge is -2.40. The zero-order valence-electron chi connectivity index (χ0n) is 8.50. The number of rotatable bonds is 2. The number of hydrogen-bond acceptors (Lipinski definition) is 2. The van der Waals surface area contributed by atoms with E-state index in [2.05, 4.69) is 6.92 Å². The lowest BCUT2D eigenvalue weighted by molar-refractivity contribution is -0.218. The van der Waals surface area contributed by atoms with Gasteiger partial charge in [-0.2, -0.15) is 0 Å². The first-order valence-electron chi connectivity index (χ1n) is 5.65. The maximum absolute atomic E-state index is 5.67. The first-order chi connectivity index (χ1) is 6.42. The summed E-state index contributed by atoms with van der Waals surface area (Å²) in [7, 11) is 0. The molecule has 1 aliphatic carbocycles. The predicted octanol–water partition coefficient (Wildman–Crippen LogP) is 2.72. The predicted molar refractivity (Wildman–Crippen MR) is 51.5 cm³/mol. The third-order valence-corrected chi connectivity index (χ3v) is 3.37. The van der Waals surface area contributed by atoms with Gasteiger partial charge in [0.25, 0.3) is 0 Å². The summed E-state index contributed by atoms with van der Waals surface area (Å²) in [4.78, 5) is 0. The molecule has 0 bridgehead atoms. The van der Waals surface area contributed by atoms with E-state index in [1.807, 2.05) is 0 Å². The van der Waals surface area contributed by atoms with E-state index in [1.165, 1.54) is 38.5 Å². The Kier molecular flexibility index (Phi) is 3.23. The number of hydrogen-bond donors (Lipinski definition) is 0. The summed E-state index contributed by atoms with van der Waals surface area (Å²) in [6.45, 7) is 2.77. The second-order valence-corrected chi connectivity index (χ2v) is 4.27. The van der Waals surface area contributed by atoms with Crippen molar-refractivity contribution < 1.29 is 9.47 Å². The van der Waals surface area contributed by atoms with E-state index in [0.717, 1.165) is 0 Å². The van der Waals surface area contributed by atoms with Crippen LogP contribution in [0.4, 0.5) is 0 Å². The van der Waals surface area contributed by atoms with Crippen molar-refractivity contribution in [1.29, 1.82) is 0 Å². The van der Waals surface area contributed by atoms with Crippen LogP contribution in [0.15, 0.2) is 0 Å². The van der Waals surface area contributed by atoms with Crippen molar-refractivity contribution in [3.8, 4) is 0 Å². The molecule has 2 heteroatoms. The van der Waals surface area contributed by atoms with E-state index in [4.69, 9.17) is 9.47 Å². The number of ether oxygens (including phenoxy) is 2. The highest BCUT2D eigenvalue weighted by molar-refractivity contribution is 4.83. The monoisotopic (exact) mass is 184 g/mol. The van der Waals surface area contributed by atoms with Gasteiger partial charge in [-0.25, -0.2) is 0 Å². The molecule has 0 amide bonds. The normalized spacial score (nSPS) is 39.9. The van der Waals surface area contributed by atoms with E-state index < -0.39 is 0 Å². The first-order valence-corrected chi connectivity index (χ1v) is 5.65. The topological polar surface area (TPSA) is 18.5 Å².